The van der Waals surface area contributed by atoms with Crippen molar-refractivity contribution in [2.24, 2.45) is 0 Å². The Morgan fingerprint density at radius 1 is 1.11 bits per heavy atom. The van der Waals surface area contributed by atoms with Gasteiger partial charge in [0.2, 0.25) is 0 Å². The molecule has 6 rings (SSSR count). The maximum absolute atomic E-state index is 13.9. The van der Waals surface area contributed by atoms with E-state index in [0.717, 1.165) is 34.6 Å². The first-order valence-electron chi connectivity index (χ1n) is 11.6. The molecule has 0 bridgehead atoms. The van der Waals surface area contributed by atoms with Crippen molar-refractivity contribution in [3.8, 4) is 5.75 Å². The molecule has 1 fully saturated rings. The molecule has 2 unspecified atom stereocenters. The number of amides is 1. The summed E-state index contributed by atoms with van der Waals surface area (Å²) in [6, 6.07) is 13.4. The molecule has 4 aromatic rings. The van der Waals surface area contributed by atoms with E-state index in [0.29, 0.717) is 28.0 Å². The Kier molecular flexibility index (Phi) is 5.34. The lowest BCUT2D eigenvalue weighted by Gasteiger charge is -2.23. The number of hydrogen-bond acceptors (Lipinski definition) is 6. The van der Waals surface area contributed by atoms with Crippen LogP contribution >= 0.6 is 11.3 Å². The third-order valence-electron chi connectivity index (χ3n) is 6.60. The monoisotopic (exact) mass is 518 g/mol. The summed E-state index contributed by atoms with van der Waals surface area (Å²) < 4.78 is 33.8. The van der Waals surface area contributed by atoms with Crippen molar-refractivity contribution in [3.05, 3.63) is 94.1 Å². The molecule has 1 aromatic heterocycles. The van der Waals surface area contributed by atoms with E-state index in [1.807, 2.05) is 26.0 Å². The molecule has 1 N–H and O–H groups in total. The molecular weight excluding hydrogens is 498 g/mol. The van der Waals surface area contributed by atoms with E-state index in [4.69, 9.17) is 4.74 Å². The number of anilines is 1. The van der Waals surface area contributed by atoms with Gasteiger partial charge in [0.05, 0.1) is 21.8 Å². The van der Waals surface area contributed by atoms with E-state index >= 15 is 0 Å². The minimum Gasteiger partial charge on any atom is -0.507 e. The molecule has 6 nitrogen and oxygen atoms in total. The molecule has 1 saturated heterocycles. The average molecular weight is 519 g/mol. The summed E-state index contributed by atoms with van der Waals surface area (Å²) in [5.41, 5.74) is 2.85. The number of rotatable bonds is 3. The number of ether oxygens (including phenoxy) is 1. The molecule has 2 aliphatic heterocycles. The van der Waals surface area contributed by atoms with Crippen LogP contribution in [0.1, 0.15) is 35.2 Å². The molecule has 0 aliphatic carbocycles. The average Bonchev–Trinajstić information content (AvgIpc) is 3.51. The van der Waals surface area contributed by atoms with Crippen LogP contribution < -0.4 is 9.64 Å². The number of carbonyl (C=O) groups is 2. The number of aliphatic hydroxyl groups is 1. The fraction of sp³-hybridized carbons (Fsp3) is 0.179. The Bertz CT molecular complexity index is 1620. The smallest absolute Gasteiger partial charge is 0.301 e. The minimum atomic E-state index is -1.06. The standard InChI is InChI=1S/C28H20F2N2O4S/c1-13-4-3-5-15(8-13)24-23(25(33)16-6-7-21-17(10-16)9-14(2)36-21)26(34)27(35)32(24)28-31-20-11-18(29)19(30)12-22(20)37-28/h3-8,10-12,14,24,33H,9H2,1-2H3/b25-23+. The molecule has 0 spiro atoms. The number of nitrogens with zero attached hydrogens (tertiary/aromatic N) is 2. The van der Waals surface area contributed by atoms with Gasteiger partial charge in [-0.15, -0.1) is 0 Å². The second-order valence-electron chi connectivity index (χ2n) is 9.27. The maximum Gasteiger partial charge on any atom is 0.301 e. The van der Waals surface area contributed by atoms with E-state index < -0.39 is 29.4 Å². The second kappa shape index (κ2) is 8.48. The zero-order valence-electron chi connectivity index (χ0n) is 19.8. The lowest BCUT2D eigenvalue weighted by molar-refractivity contribution is -0.132. The van der Waals surface area contributed by atoms with Gasteiger partial charge in [0.1, 0.15) is 17.6 Å². The predicted molar refractivity (Wildman–Crippen MR) is 136 cm³/mol. The topological polar surface area (TPSA) is 79.7 Å². The van der Waals surface area contributed by atoms with Crippen LogP contribution in [0.15, 0.2) is 60.2 Å². The molecule has 2 aliphatic rings. The van der Waals surface area contributed by atoms with Crippen LogP contribution in [0.2, 0.25) is 0 Å². The Morgan fingerprint density at radius 2 is 1.89 bits per heavy atom. The van der Waals surface area contributed by atoms with Crippen molar-refractivity contribution < 1.29 is 28.2 Å². The number of aliphatic hydroxyl groups excluding tert-OH is 1. The van der Waals surface area contributed by atoms with Crippen molar-refractivity contribution in [2.75, 3.05) is 4.90 Å². The van der Waals surface area contributed by atoms with Crippen molar-refractivity contribution >= 4 is 44.1 Å². The highest BCUT2D eigenvalue weighted by atomic mass is 32.1. The minimum absolute atomic E-state index is 0.000945. The summed E-state index contributed by atoms with van der Waals surface area (Å²) in [4.78, 5) is 32.3. The summed E-state index contributed by atoms with van der Waals surface area (Å²) in [6.07, 6.45) is 0.657. The number of thiazole rings is 1. The van der Waals surface area contributed by atoms with Crippen LogP contribution in [0.5, 0.6) is 5.75 Å². The highest BCUT2D eigenvalue weighted by molar-refractivity contribution is 7.22. The number of hydrogen-bond donors (Lipinski definition) is 1. The summed E-state index contributed by atoms with van der Waals surface area (Å²) in [7, 11) is 0. The van der Waals surface area contributed by atoms with E-state index in [-0.39, 0.29) is 28.1 Å². The molecule has 2 atom stereocenters. The third-order valence-corrected chi connectivity index (χ3v) is 7.61. The summed E-state index contributed by atoms with van der Waals surface area (Å²) in [6.45, 7) is 3.82. The van der Waals surface area contributed by atoms with Crippen molar-refractivity contribution in [3.63, 3.8) is 0 Å². The number of fused-ring (bicyclic) bond motifs is 2. The van der Waals surface area contributed by atoms with Crippen LogP contribution in [0.25, 0.3) is 16.0 Å². The van der Waals surface area contributed by atoms with E-state index in [9.17, 15) is 23.5 Å². The Labute approximate surface area is 214 Å². The lowest BCUT2D eigenvalue weighted by Crippen LogP contribution is -2.29. The number of halogens is 2. The predicted octanol–water partition coefficient (Wildman–Crippen LogP) is 5.83. The first-order chi connectivity index (χ1) is 17.7. The van der Waals surface area contributed by atoms with E-state index in [1.54, 1.807) is 30.3 Å². The van der Waals surface area contributed by atoms with Gasteiger partial charge in [-0.2, -0.15) is 0 Å². The van der Waals surface area contributed by atoms with Crippen molar-refractivity contribution in [2.45, 2.75) is 32.4 Å². The van der Waals surface area contributed by atoms with Gasteiger partial charge in [0, 0.05) is 18.1 Å². The summed E-state index contributed by atoms with van der Waals surface area (Å²) >= 11 is 0.966. The largest absolute Gasteiger partial charge is 0.507 e. The third kappa shape index (κ3) is 3.77. The van der Waals surface area contributed by atoms with E-state index in [1.165, 1.54) is 4.90 Å². The summed E-state index contributed by atoms with van der Waals surface area (Å²) in [5.74, 6) is -3.44. The number of aromatic nitrogens is 1. The fourth-order valence-electron chi connectivity index (χ4n) is 4.92. The van der Waals surface area contributed by atoms with E-state index in [2.05, 4.69) is 4.98 Å². The van der Waals surface area contributed by atoms with Crippen molar-refractivity contribution in [1.29, 1.82) is 0 Å². The van der Waals surface area contributed by atoms with Gasteiger partial charge in [0.25, 0.3) is 5.78 Å². The van der Waals surface area contributed by atoms with Crippen LogP contribution in [0, 0.1) is 18.6 Å². The van der Waals surface area contributed by atoms with Crippen LogP contribution in [0.3, 0.4) is 0 Å². The molecule has 186 valence electrons. The Hall–Kier alpha value is -4.11. The number of ketones is 1. The molecule has 0 radical (unpaired) electrons. The van der Waals surface area contributed by atoms with Crippen LogP contribution in [-0.2, 0) is 16.0 Å². The van der Waals surface area contributed by atoms with Gasteiger partial charge in [0.15, 0.2) is 16.8 Å². The first-order valence-corrected chi connectivity index (χ1v) is 12.5. The van der Waals surface area contributed by atoms with Crippen molar-refractivity contribution in [1.82, 2.24) is 4.98 Å². The second-order valence-corrected chi connectivity index (χ2v) is 10.3. The van der Waals surface area contributed by atoms with Gasteiger partial charge in [-0.3, -0.25) is 14.5 Å². The molecule has 9 heteroatoms. The molecule has 3 aromatic carbocycles. The number of benzene rings is 3. The Balaban J connectivity index is 1.54. The molecular formula is C28H20F2N2O4S. The Morgan fingerprint density at radius 3 is 2.68 bits per heavy atom. The molecule has 37 heavy (non-hydrogen) atoms. The highest BCUT2D eigenvalue weighted by Crippen LogP contribution is 2.45. The number of Topliss-reactive ketones (excluding diaryl/α,β-unsaturated/α-hetero) is 1. The lowest BCUT2D eigenvalue weighted by atomic mass is 9.94. The van der Waals surface area contributed by atoms with Gasteiger partial charge < -0.3 is 9.84 Å². The summed E-state index contributed by atoms with van der Waals surface area (Å²) in [5, 5.41) is 11.5. The maximum atomic E-state index is 13.9. The highest BCUT2D eigenvalue weighted by Gasteiger charge is 2.48. The van der Waals surface area contributed by atoms with Crippen LogP contribution in [0.4, 0.5) is 13.9 Å². The first kappa shape index (κ1) is 23.3. The fourth-order valence-corrected chi connectivity index (χ4v) is 5.92. The zero-order chi connectivity index (χ0) is 26.0. The van der Waals surface area contributed by atoms with Gasteiger partial charge in [-0.1, -0.05) is 41.2 Å². The number of carbonyl (C=O) groups excluding carboxylic acids is 2. The quantitative estimate of drug-likeness (QED) is 0.210. The molecule has 3 heterocycles. The van der Waals surface area contributed by atoms with Gasteiger partial charge in [-0.25, -0.2) is 13.8 Å². The van der Waals surface area contributed by atoms with Crippen LogP contribution in [-0.4, -0.2) is 27.9 Å². The molecule has 1 amide bonds. The SMILES string of the molecule is Cc1cccc(C2/C(=C(\O)c3ccc4c(c3)CC(C)O4)C(=O)C(=O)N2c2nc3cc(F)c(F)cc3s2)c1. The normalized spacial score (nSPS) is 20.5. The van der Waals surface area contributed by atoms with Gasteiger partial charge >= 0.3 is 5.91 Å². The zero-order valence-corrected chi connectivity index (χ0v) is 20.6. The molecule has 0 saturated carbocycles. The van der Waals surface area contributed by atoms with Gasteiger partial charge in [-0.05, 0) is 49.2 Å². The number of aryl methyl sites for hydroxylation is 1.